The summed E-state index contributed by atoms with van der Waals surface area (Å²) in [6.07, 6.45) is -0.207. The number of rotatable bonds is 5. The first-order valence-corrected chi connectivity index (χ1v) is 10.3. The van der Waals surface area contributed by atoms with Crippen LogP contribution in [-0.2, 0) is 4.74 Å². The molecule has 4 rings (SSSR count). The van der Waals surface area contributed by atoms with E-state index in [1.165, 1.54) is 0 Å². The third kappa shape index (κ3) is 5.72. The van der Waals surface area contributed by atoms with Crippen LogP contribution in [0.2, 0.25) is 10.0 Å². The lowest BCUT2D eigenvalue weighted by molar-refractivity contribution is 0.0306. The summed E-state index contributed by atoms with van der Waals surface area (Å²) >= 11 is 12.2. The van der Waals surface area contributed by atoms with Crippen LogP contribution < -0.4 is 10.6 Å². The van der Waals surface area contributed by atoms with Crippen LogP contribution in [0.4, 0.5) is 0 Å². The quantitative estimate of drug-likeness (QED) is 0.514. The number of ether oxygens (including phenoxy) is 1. The number of carbonyl (C=O) groups is 1. The summed E-state index contributed by atoms with van der Waals surface area (Å²) in [5.41, 5.74) is 2.20. The SMILES string of the molecule is Cl.O=C(NC[C@@H]1CNCCO[C@H]1c1ccc(Cl)c(Cl)c1)c1cccc(-c2nnn[nH]2)c1. The molecule has 3 N–H and O–H groups in total. The van der Waals surface area contributed by atoms with E-state index in [1.807, 2.05) is 18.2 Å². The van der Waals surface area contributed by atoms with Gasteiger partial charge < -0.3 is 15.4 Å². The molecule has 1 aromatic heterocycles. The number of hydrogen-bond donors (Lipinski definition) is 3. The summed E-state index contributed by atoms with van der Waals surface area (Å²) < 4.78 is 6.06. The number of aromatic nitrogens is 4. The number of halogens is 3. The molecule has 0 spiro atoms. The molecule has 1 aliphatic rings. The summed E-state index contributed by atoms with van der Waals surface area (Å²) in [5.74, 6) is 0.350. The third-order valence-electron chi connectivity index (χ3n) is 4.95. The molecule has 1 aliphatic heterocycles. The molecule has 11 heteroatoms. The summed E-state index contributed by atoms with van der Waals surface area (Å²) in [6.45, 7) is 2.46. The fourth-order valence-corrected chi connectivity index (χ4v) is 3.75. The summed E-state index contributed by atoms with van der Waals surface area (Å²) in [6, 6.07) is 12.6. The zero-order valence-corrected chi connectivity index (χ0v) is 18.7. The van der Waals surface area contributed by atoms with Gasteiger partial charge in [-0.3, -0.25) is 4.79 Å². The highest BCUT2D eigenvalue weighted by atomic mass is 35.5. The van der Waals surface area contributed by atoms with Gasteiger partial charge in [0.25, 0.3) is 5.91 Å². The van der Waals surface area contributed by atoms with Crippen LogP contribution in [0, 0.1) is 5.92 Å². The van der Waals surface area contributed by atoms with Gasteiger partial charge in [0.1, 0.15) is 0 Å². The Kier molecular flexibility index (Phi) is 8.22. The Morgan fingerprint density at radius 3 is 2.84 bits per heavy atom. The second-order valence-corrected chi connectivity index (χ2v) is 7.78. The van der Waals surface area contributed by atoms with E-state index in [9.17, 15) is 4.79 Å². The normalized spacial score (nSPS) is 18.6. The van der Waals surface area contributed by atoms with E-state index < -0.39 is 0 Å². The lowest BCUT2D eigenvalue weighted by Crippen LogP contribution is -2.36. The molecule has 8 nitrogen and oxygen atoms in total. The first-order valence-electron chi connectivity index (χ1n) is 9.51. The van der Waals surface area contributed by atoms with E-state index in [1.54, 1.807) is 24.3 Å². The molecule has 2 aromatic carbocycles. The molecule has 0 bridgehead atoms. The average Bonchev–Trinajstić information content (AvgIpc) is 3.20. The predicted molar refractivity (Wildman–Crippen MR) is 121 cm³/mol. The second kappa shape index (κ2) is 10.9. The van der Waals surface area contributed by atoms with E-state index in [4.69, 9.17) is 27.9 Å². The van der Waals surface area contributed by atoms with Gasteiger partial charge in [-0.1, -0.05) is 41.4 Å². The molecule has 2 heterocycles. The Hall–Kier alpha value is -2.23. The first kappa shape index (κ1) is 23.4. The largest absolute Gasteiger partial charge is 0.372 e. The van der Waals surface area contributed by atoms with Gasteiger partial charge >= 0.3 is 0 Å². The second-order valence-electron chi connectivity index (χ2n) is 6.97. The van der Waals surface area contributed by atoms with Gasteiger partial charge in [0.2, 0.25) is 0 Å². The number of benzene rings is 2. The predicted octanol–water partition coefficient (Wildman–Crippen LogP) is 3.30. The molecular formula is C20H21Cl3N6O2. The van der Waals surface area contributed by atoms with Crippen molar-refractivity contribution < 1.29 is 9.53 Å². The van der Waals surface area contributed by atoms with Crippen LogP contribution in [0.1, 0.15) is 22.0 Å². The minimum Gasteiger partial charge on any atom is -0.372 e. The molecule has 0 radical (unpaired) electrons. The minimum atomic E-state index is -0.207. The number of amides is 1. The van der Waals surface area contributed by atoms with Gasteiger partial charge in [0, 0.05) is 36.7 Å². The Labute approximate surface area is 195 Å². The molecular weight excluding hydrogens is 463 g/mol. The van der Waals surface area contributed by atoms with Crippen molar-refractivity contribution in [3.63, 3.8) is 0 Å². The van der Waals surface area contributed by atoms with Crippen molar-refractivity contribution in [2.75, 3.05) is 26.2 Å². The van der Waals surface area contributed by atoms with Crippen LogP contribution in [-0.4, -0.2) is 52.8 Å². The average molecular weight is 484 g/mol. The van der Waals surface area contributed by atoms with E-state index >= 15 is 0 Å². The van der Waals surface area contributed by atoms with Crippen LogP contribution in [0.3, 0.4) is 0 Å². The zero-order valence-electron chi connectivity index (χ0n) is 16.3. The lowest BCUT2D eigenvalue weighted by atomic mass is 9.95. The molecule has 164 valence electrons. The highest BCUT2D eigenvalue weighted by molar-refractivity contribution is 6.42. The van der Waals surface area contributed by atoms with E-state index in [2.05, 4.69) is 31.3 Å². The number of tetrazole rings is 1. The van der Waals surface area contributed by atoms with Crippen molar-refractivity contribution in [1.82, 2.24) is 31.3 Å². The summed E-state index contributed by atoms with van der Waals surface area (Å²) in [5, 5.41) is 21.1. The molecule has 0 unspecified atom stereocenters. The molecule has 0 aliphatic carbocycles. The van der Waals surface area contributed by atoms with Crippen molar-refractivity contribution in [3.8, 4) is 11.4 Å². The number of H-pyrrole nitrogens is 1. The Morgan fingerprint density at radius 2 is 2.06 bits per heavy atom. The van der Waals surface area contributed by atoms with Crippen LogP contribution in [0.15, 0.2) is 42.5 Å². The highest BCUT2D eigenvalue weighted by Crippen LogP contribution is 2.32. The van der Waals surface area contributed by atoms with E-state index in [-0.39, 0.29) is 30.3 Å². The molecule has 0 saturated carbocycles. The molecule has 1 fully saturated rings. The monoisotopic (exact) mass is 482 g/mol. The number of nitrogens with one attached hydrogen (secondary N) is 3. The van der Waals surface area contributed by atoms with Gasteiger partial charge in [-0.25, -0.2) is 5.10 Å². The fraction of sp³-hybridized carbons (Fsp3) is 0.300. The Morgan fingerprint density at radius 1 is 1.19 bits per heavy atom. The Bertz CT molecular complexity index is 1020. The summed E-state index contributed by atoms with van der Waals surface area (Å²) in [7, 11) is 0. The molecule has 31 heavy (non-hydrogen) atoms. The molecule has 1 amide bonds. The van der Waals surface area contributed by atoms with Crippen LogP contribution >= 0.6 is 35.6 Å². The standard InChI is InChI=1S/C20H20Cl2N6O2.ClH/c21-16-5-4-12(9-17(16)22)18-15(10-23-6-7-30-18)11-24-20(29)14-3-1-2-13(8-14)19-25-27-28-26-19;/h1-5,8-9,15,18,23H,6-7,10-11H2,(H,24,29)(H,25,26,27,28);1H/t15-,18-;/m0./s1. The number of carbonyl (C=O) groups excluding carboxylic acids is 1. The van der Waals surface area contributed by atoms with Crippen molar-refractivity contribution in [2.45, 2.75) is 6.10 Å². The van der Waals surface area contributed by atoms with Gasteiger partial charge in [-0.05, 0) is 40.3 Å². The highest BCUT2D eigenvalue weighted by Gasteiger charge is 2.27. The summed E-state index contributed by atoms with van der Waals surface area (Å²) in [4.78, 5) is 12.8. The maximum Gasteiger partial charge on any atom is 0.251 e. The maximum atomic E-state index is 12.8. The smallest absolute Gasteiger partial charge is 0.251 e. The number of nitrogens with zero attached hydrogens (tertiary/aromatic N) is 3. The van der Waals surface area contributed by atoms with E-state index in [0.29, 0.717) is 41.1 Å². The van der Waals surface area contributed by atoms with E-state index in [0.717, 1.165) is 17.7 Å². The fourth-order valence-electron chi connectivity index (χ4n) is 3.44. The molecule has 3 aromatic rings. The van der Waals surface area contributed by atoms with Crippen LogP contribution in [0.25, 0.3) is 11.4 Å². The minimum absolute atomic E-state index is 0. The van der Waals surface area contributed by atoms with Crippen molar-refractivity contribution >= 4 is 41.5 Å². The van der Waals surface area contributed by atoms with Crippen molar-refractivity contribution in [1.29, 1.82) is 0 Å². The lowest BCUT2D eigenvalue weighted by Gasteiger charge is -2.25. The zero-order chi connectivity index (χ0) is 20.9. The maximum absolute atomic E-state index is 12.8. The van der Waals surface area contributed by atoms with Crippen molar-refractivity contribution in [2.24, 2.45) is 5.92 Å². The number of hydrogen-bond acceptors (Lipinski definition) is 6. The van der Waals surface area contributed by atoms with Gasteiger partial charge in [-0.2, -0.15) is 0 Å². The molecule has 1 saturated heterocycles. The van der Waals surface area contributed by atoms with Gasteiger partial charge in [0.05, 0.1) is 22.8 Å². The first-order chi connectivity index (χ1) is 14.6. The Balaban J connectivity index is 0.00000272. The van der Waals surface area contributed by atoms with Gasteiger partial charge in [0.15, 0.2) is 5.82 Å². The topological polar surface area (TPSA) is 105 Å². The van der Waals surface area contributed by atoms with Gasteiger partial charge in [-0.15, -0.1) is 17.5 Å². The third-order valence-corrected chi connectivity index (χ3v) is 5.69. The molecule has 2 atom stereocenters. The van der Waals surface area contributed by atoms with Crippen LogP contribution in [0.5, 0.6) is 0 Å². The number of aromatic amines is 1. The van der Waals surface area contributed by atoms with Crippen molar-refractivity contribution in [3.05, 3.63) is 63.6 Å².